The predicted octanol–water partition coefficient (Wildman–Crippen LogP) is 1.58. The first-order valence-corrected chi connectivity index (χ1v) is 6.69. The number of likely N-dealkylation sites (N-methyl/N-ethyl adjacent to an activating group) is 1. The van der Waals surface area contributed by atoms with Crippen LogP contribution in [0.3, 0.4) is 0 Å². The monoisotopic (exact) mass is 271 g/mol. The van der Waals surface area contributed by atoms with Crippen LogP contribution in [0, 0.1) is 5.92 Å². The van der Waals surface area contributed by atoms with E-state index in [0.29, 0.717) is 30.7 Å². The highest BCUT2D eigenvalue weighted by Crippen LogP contribution is 2.22. The van der Waals surface area contributed by atoms with Gasteiger partial charge in [0.2, 0.25) is 11.7 Å². The molecule has 0 amide bonds. The zero-order chi connectivity index (χ0) is 14.3. The van der Waals surface area contributed by atoms with Crippen LogP contribution in [0.4, 0.5) is 0 Å². The zero-order valence-corrected chi connectivity index (χ0v) is 12.5. The summed E-state index contributed by atoms with van der Waals surface area (Å²) in [5, 5.41) is 7.33. The lowest BCUT2D eigenvalue weighted by Crippen LogP contribution is -2.35. The Bertz CT molecular complexity index is 349. The summed E-state index contributed by atoms with van der Waals surface area (Å²) < 4.78 is 15.8. The van der Waals surface area contributed by atoms with Gasteiger partial charge in [0.1, 0.15) is 6.10 Å². The minimum absolute atomic E-state index is 0.127. The maximum Gasteiger partial charge on any atom is 0.228 e. The number of hydrogen-bond acceptors (Lipinski definition) is 6. The SMILES string of the molecule is CCNC(COC)Cc1nc(C(OC)C(C)C)no1. The molecular weight excluding hydrogens is 246 g/mol. The van der Waals surface area contributed by atoms with Gasteiger partial charge in [0, 0.05) is 26.7 Å². The number of nitrogens with one attached hydrogen (secondary N) is 1. The van der Waals surface area contributed by atoms with Crippen LogP contribution in [-0.2, 0) is 15.9 Å². The highest BCUT2D eigenvalue weighted by molar-refractivity contribution is 4.94. The fourth-order valence-electron chi connectivity index (χ4n) is 2.03. The summed E-state index contributed by atoms with van der Waals surface area (Å²) >= 11 is 0. The van der Waals surface area contributed by atoms with E-state index in [0.717, 1.165) is 6.54 Å². The van der Waals surface area contributed by atoms with Crippen LogP contribution in [0.2, 0.25) is 0 Å². The molecule has 0 spiro atoms. The van der Waals surface area contributed by atoms with Crippen molar-refractivity contribution in [3.63, 3.8) is 0 Å². The zero-order valence-electron chi connectivity index (χ0n) is 12.5. The van der Waals surface area contributed by atoms with Gasteiger partial charge in [-0.1, -0.05) is 25.9 Å². The Morgan fingerprint density at radius 3 is 2.58 bits per heavy atom. The van der Waals surface area contributed by atoms with Crippen LogP contribution < -0.4 is 5.32 Å². The molecular formula is C13H25N3O3. The lowest BCUT2D eigenvalue weighted by molar-refractivity contribution is 0.0555. The number of methoxy groups -OCH3 is 2. The van der Waals surface area contributed by atoms with Gasteiger partial charge in [-0.3, -0.25) is 0 Å². The number of aromatic nitrogens is 2. The second-order valence-corrected chi connectivity index (χ2v) is 4.86. The third-order valence-electron chi connectivity index (χ3n) is 2.88. The molecule has 2 unspecified atom stereocenters. The van der Waals surface area contributed by atoms with E-state index in [9.17, 15) is 0 Å². The first kappa shape index (κ1) is 16.1. The van der Waals surface area contributed by atoms with Gasteiger partial charge in [-0.15, -0.1) is 0 Å². The van der Waals surface area contributed by atoms with Crippen molar-refractivity contribution in [1.29, 1.82) is 0 Å². The van der Waals surface area contributed by atoms with Gasteiger partial charge >= 0.3 is 0 Å². The largest absolute Gasteiger partial charge is 0.383 e. The van der Waals surface area contributed by atoms with Gasteiger partial charge in [-0.25, -0.2) is 0 Å². The summed E-state index contributed by atoms with van der Waals surface area (Å²) in [4.78, 5) is 4.41. The molecule has 1 aromatic heterocycles. The molecule has 0 aliphatic rings. The minimum atomic E-state index is -0.127. The summed E-state index contributed by atoms with van der Waals surface area (Å²) in [6.45, 7) is 7.68. The Morgan fingerprint density at radius 2 is 2.05 bits per heavy atom. The first-order valence-electron chi connectivity index (χ1n) is 6.69. The topological polar surface area (TPSA) is 69.4 Å². The fourth-order valence-corrected chi connectivity index (χ4v) is 2.03. The summed E-state index contributed by atoms with van der Waals surface area (Å²) in [5.74, 6) is 1.53. The van der Waals surface area contributed by atoms with Crippen LogP contribution >= 0.6 is 0 Å². The van der Waals surface area contributed by atoms with Crippen molar-refractivity contribution in [1.82, 2.24) is 15.5 Å². The van der Waals surface area contributed by atoms with Crippen molar-refractivity contribution in [2.45, 2.75) is 39.3 Å². The van der Waals surface area contributed by atoms with Crippen molar-refractivity contribution in [3.05, 3.63) is 11.7 Å². The van der Waals surface area contributed by atoms with Gasteiger partial charge in [0.05, 0.1) is 6.61 Å². The quantitative estimate of drug-likeness (QED) is 0.735. The van der Waals surface area contributed by atoms with Crippen LogP contribution in [0.5, 0.6) is 0 Å². The normalized spacial score (nSPS) is 14.8. The summed E-state index contributed by atoms with van der Waals surface area (Å²) in [6, 6.07) is 0.184. The van der Waals surface area contributed by atoms with Crippen molar-refractivity contribution >= 4 is 0 Å². The number of nitrogens with zero attached hydrogens (tertiary/aromatic N) is 2. The lowest BCUT2D eigenvalue weighted by Gasteiger charge is -2.15. The molecule has 0 bridgehead atoms. The van der Waals surface area contributed by atoms with Crippen LogP contribution in [0.15, 0.2) is 4.52 Å². The van der Waals surface area contributed by atoms with Gasteiger partial charge in [0.15, 0.2) is 0 Å². The standard InChI is InChI=1S/C13H25N3O3/c1-6-14-10(8-17-4)7-11-15-13(16-19-11)12(18-5)9(2)3/h9-10,12,14H,6-8H2,1-5H3. The molecule has 6 heteroatoms. The summed E-state index contributed by atoms with van der Waals surface area (Å²) in [7, 11) is 3.34. The molecule has 1 N–H and O–H groups in total. The van der Waals surface area contributed by atoms with E-state index in [2.05, 4.69) is 36.2 Å². The Hall–Kier alpha value is -0.980. The number of rotatable bonds is 9. The van der Waals surface area contributed by atoms with Gasteiger partial charge in [0.25, 0.3) is 0 Å². The smallest absolute Gasteiger partial charge is 0.228 e. The molecule has 0 radical (unpaired) electrons. The van der Waals surface area contributed by atoms with E-state index < -0.39 is 0 Å². The van der Waals surface area contributed by atoms with Crippen molar-refractivity contribution in [2.24, 2.45) is 5.92 Å². The number of ether oxygens (including phenoxy) is 2. The highest BCUT2D eigenvalue weighted by Gasteiger charge is 2.22. The third-order valence-corrected chi connectivity index (χ3v) is 2.88. The van der Waals surface area contributed by atoms with Crippen LogP contribution in [0.25, 0.3) is 0 Å². The van der Waals surface area contributed by atoms with Gasteiger partial charge in [-0.2, -0.15) is 4.98 Å². The molecule has 0 fully saturated rings. The summed E-state index contributed by atoms with van der Waals surface area (Å²) in [5.41, 5.74) is 0. The Morgan fingerprint density at radius 1 is 1.32 bits per heavy atom. The molecule has 0 aromatic carbocycles. The maximum absolute atomic E-state index is 5.39. The van der Waals surface area contributed by atoms with E-state index in [-0.39, 0.29) is 12.1 Å². The molecule has 110 valence electrons. The molecule has 1 rings (SSSR count). The lowest BCUT2D eigenvalue weighted by atomic mass is 10.1. The molecule has 0 aliphatic heterocycles. The molecule has 1 heterocycles. The molecule has 0 saturated heterocycles. The third kappa shape index (κ3) is 4.89. The average molecular weight is 271 g/mol. The van der Waals surface area contributed by atoms with Crippen molar-refractivity contribution in [3.8, 4) is 0 Å². The molecule has 0 aliphatic carbocycles. The molecule has 0 saturated carbocycles. The predicted molar refractivity (Wildman–Crippen MR) is 71.9 cm³/mol. The van der Waals surface area contributed by atoms with E-state index >= 15 is 0 Å². The molecule has 6 nitrogen and oxygen atoms in total. The molecule has 2 atom stereocenters. The number of hydrogen-bond donors (Lipinski definition) is 1. The minimum Gasteiger partial charge on any atom is -0.383 e. The average Bonchev–Trinajstić information content (AvgIpc) is 2.78. The second kappa shape index (κ2) is 8.24. The Balaban J connectivity index is 2.67. The first-order chi connectivity index (χ1) is 9.12. The molecule has 1 aromatic rings. The Kier molecular flexibility index (Phi) is 6.97. The van der Waals surface area contributed by atoms with E-state index in [1.165, 1.54) is 0 Å². The van der Waals surface area contributed by atoms with Gasteiger partial charge < -0.3 is 19.3 Å². The summed E-state index contributed by atoms with van der Waals surface area (Å²) in [6.07, 6.45) is 0.529. The van der Waals surface area contributed by atoms with Crippen molar-refractivity contribution < 1.29 is 14.0 Å². The van der Waals surface area contributed by atoms with Crippen LogP contribution in [0.1, 0.15) is 38.6 Å². The molecule has 19 heavy (non-hydrogen) atoms. The fraction of sp³-hybridized carbons (Fsp3) is 0.846. The highest BCUT2D eigenvalue weighted by atomic mass is 16.5. The maximum atomic E-state index is 5.39. The van der Waals surface area contributed by atoms with Crippen LogP contribution in [-0.4, -0.2) is 43.6 Å². The Labute approximate surface area is 114 Å². The van der Waals surface area contributed by atoms with Crippen molar-refractivity contribution in [2.75, 3.05) is 27.4 Å². The van der Waals surface area contributed by atoms with E-state index in [1.54, 1.807) is 14.2 Å². The van der Waals surface area contributed by atoms with E-state index in [1.807, 2.05) is 0 Å². The van der Waals surface area contributed by atoms with Gasteiger partial charge in [-0.05, 0) is 12.5 Å². The van der Waals surface area contributed by atoms with E-state index in [4.69, 9.17) is 14.0 Å². The second-order valence-electron chi connectivity index (χ2n) is 4.86.